The third kappa shape index (κ3) is 5.46. The summed E-state index contributed by atoms with van der Waals surface area (Å²) in [6, 6.07) is 15.3. The highest BCUT2D eigenvalue weighted by Crippen LogP contribution is 2.38. The van der Waals surface area contributed by atoms with Gasteiger partial charge in [0.25, 0.3) is 11.8 Å². The molecule has 0 aromatic heterocycles. The third-order valence-corrected chi connectivity index (χ3v) is 5.90. The molecule has 9 heteroatoms. The number of halogens is 2. The minimum Gasteiger partial charge on any atom is -0.490 e. The Morgan fingerprint density at radius 3 is 2.47 bits per heavy atom. The molecule has 0 unspecified atom stereocenters. The molecule has 0 atom stereocenters. The molecule has 0 radical (unpaired) electrons. The number of ether oxygens (including phenoxy) is 2. The van der Waals surface area contributed by atoms with Crippen molar-refractivity contribution >= 4 is 45.5 Å². The van der Waals surface area contributed by atoms with Gasteiger partial charge in [-0.1, -0.05) is 29.8 Å². The van der Waals surface area contributed by atoms with Crippen LogP contribution in [0, 0.1) is 12.7 Å². The van der Waals surface area contributed by atoms with Gasteiger partial charge < -0.3 is 9.47 Å². The Balaban J connectivity index is 1.65. The topological polar surface area (TPSA) is 84.9 Å². The first kappa shape index (κ1) is 25.1. The number of benzene rings is 3. The monoisotopic (exact) mass is 552 g/mol. The molecule has 1 fully saturated rings. The first-order valence-corrected chi connectivity index (χ1v) is 11.9. The summed E-state index contributed by atoms with van der Waals surface area (Å²) in [7, 11) is 0. The Hall–Kier alpha value is -3.98. The van der Waals surface area contributed by atoms with E-state index in [4.69, 9.17) is 9.47 Å². The number of imide groups is 2. The quantitative estimate of drug-likeness (QED) is 0.307. The van der Waals surface area contributed by atoms with Gasteiger partial charge in [-0.3, -0.25) is 14.9 Å². The number of carbonyl (C=O) groups is 3. The first-order chi connectivity index (χ1) is 17.3. The van der Waals surface area contributed by atoms with Crippen LogP contribution in [-0.2, 0) is 16.2 Å². The summed E-state index contributed by atoms with van der Waals surface area (Å²) in [5, 5.41) is 2.21. The van der Waals surface area contributed by atoms with Crippen molar-refractivity contribution in [3.63, 3.8) is 0 Å². The van der Waals surface area contributed by atoms with Crippen molar-refractivity contribution in [3.05, 3.63) is 93.2 Å². The fourth-order valence-corrected chi connectivity index (χ4v) is 4.18. The first-order valence-electron chi connectivity index (χ1n) is 11.1. The van der Waals surface area contributed by atoms with Crippen molar-refractivity contribution < 1.29 is 28.2 Å². The number of urea groups is 1. The van der Waals surface area contributed by atoms with Crippen LogP contribution < -0.4 is 19.7 Å². The van der Waals surface area contributed by atoms with Crippen molar-refractivity contribution in [1.82, 2.24) is 5.32 Å². The average molecular weight is 553 g/mol. The Kier molecular flexibility index (Phi) is 7.49. The maximum absolute atomic E-state index is 13.5. The Labute approximate surface area is 215 Å². The van der Waals surface area contributed by atoms with Crippen LogP contribution >= 0.6 is 15.9 Å². The van der Waals surface area contributed by atoms with Gasteiger partial charge in [0.05, 0.1) is 16.8 Å². The summed E-state index contributed by atoms with van der Waals surface area (Å²) in [5.74, 6) is -1.15. The number of amides is 4. The number of anilines is 1. The summed E-state index contributed by atoms with van der Waals surface area (Å²) < 4.78 is 25.6. The van der Waals surface area contributed by atoms with Gasteiger partial charge in [0.2, 0.25) is 0 Å². The van der Waals surface area contributed by atoms with Crippen molar-refractivity contribution in [3.8, 4) is 11.5 Å². The van der Waals surface area contributed by atoms with E-state index in [1.54, 1.807) is 55.5 Å². The van der Waals surface area contributed by atoms with E-state index in [0.717, 1.165) is 10.5 Å². The Morgan fingerprint density at radius 1 is 1.03 bits per heavy atom. The number of nitrogens with zero attached hydrogens (tertiary/aromatic N) is 1. The molecule has 3 aromatic carbocycles. The molecule has 184 valence electrons. The van der Waals surface area contributed by atoms with Gasteiger partial charge in [0.15, 0.2) is 11.5 Å². The minimum atomic E-state index is -0.816. The van der Waals surface area contributed by atoms with Gasteiger partial charge in [-0.05, 0) is 83.4 Å². The number of nitrogens with one attached hydrogen (secondary N) is 1. The van der Waals surface area contributed by atoms with E-state index in [2.05, 4.69) is 21.2 Å². The number of hydrogen-bond acceptors (Lipinski definition) is 5. The minimum absolute atomic E-state index is 0.103. The average Bonchev–Trinajstić information content (AvgIpc) is 2.82. The lowest BCUT2D eigenvalue weighted by atomic mass is 10.1. The standard InChI is InChI=1S/C27H22BrFN2O5/c1-3-35-23-14-18(13-22(28)24(23)36-15-17-5-4-6-19(29)11-17)12-21-25(32)30-27(34)31(26(21)33)20-9-7-16(2)8-10-20/h4-14H,3,15H2,1-2H3,(H,30,32,34)/b21-12+. The second-order valence-electron chi connectivity index (χ2n) is 7.97. The normalized spacial score (nSPS) is 14.7. The van der Waals surface area contributed by atoms with Crippen LogP contribution in [0.4, 0.5) is 14.9 Å². The second kappa shape index (κ2) is 10.7. The molecule has 4 amide bonds. The molecule has 3 aromatic rings. The molecule has 1 N–H and O–H groups in total. The van der Waals surface area contributed by atoms with E-state index in [9.17, 15) is 18.8 Å². The Morgan fingerprint density at radius 2 is 1.78 bits per heavy atom. The molecule has 7 nitrogen and oxygen atoms in total. The van der Waals surface area contributed by atoms with Crippen molar-refractivity contribution in [1.29, 1.82) is 0 Å². The molecule has 1 saturated heterocycles. The Bertz CT molecular complexity index is 1370. The molecule has 36 heavy (non-hydrogen) atoms. The lowest BCUT2D eigenvalue weighted by Crippen LogP contribution is -2.54. The van der Waals surface area contributed by atoms with Gasteiger partial charge in [0, 0.05) is 0 Å². The highest BCUT2D eigenvalue weighted by Gasteiger charge is 2.36. The predicted octanol–water partition coefficient (Wildman–Crippen LogP) is 5.54. The molecule has 0 saturated carbocycles. The van der Waals surface area contributed by atoms with Crippen LogP contribution in [0.25, 0.3) is 6.08 Å². The number of hydrogen-bond donors (Lipinski definition) is 1. The lowest BCUT2D eigenvalue weighted by molar-refractivity contribution is -0.122. The van der Waals surface area contributed by atoms with Crippen molar-refractivity contribution in [2.24, 2.45) is 0 Å². The van der Waals surface area contributed by atoms with Crippen LogP contribution in [0.2, 0.25) is 0 Å². The maximum atomic E-state index is 13.5. The van der Waals surface area contributed by atoms with Gasteiger partial charge in [-0.2, -0.15) is 0 Å². The second-order valence-corrected chi connectivity index (χ2v) is 8.83. The van der Waals surface area contributed by atoms with Crippen LogP contribution in [0.5, 0.6) is 11.5 Å². The summed E-state index contributed by atoms with van der Waals surface area (Å²) in [4.78, 5) is 39.1. The molecule has 1 aliphatic rings. The van der Waals surface area contributed by atoms with Gasteiger partial charge in [0.1, 0.15) is 18.0 Å². The van der Waals surface area contributed by atoms with Gasteiger partial charge >= 0.3 is 6.03 Å². The van der Waals surface area contributed by atoms with Crippen molar-refractivity contribution in [2.45, 2.75) is 20.5 Å². The summed E-state index contributed by atoms with van der Waals surface area (Å²) in [6.07, 6.45) is 1.38. The van der Waals surface area contributed by atoms with E-state index in [0.29, 0.717) is 39.4 Å². The maximum Gasteiger partial charge on any atom is 0.335 e. The SMILES string of the molecule is CCOc1cc(/C=C2\C(=O)NC(=O)N(c3ccc(C)cc3)C2=O)cc(Br)c1OCc1cccc(F)c1. The zero-order valence-corrected chi connectivity index (χ0v) is 21.1. The van der Waals surface area contributed by atoms with E-state index in [1.807, 2.05) is 6.92 Å². The van der Waals surface area contributed by atoms with Gasteiger partial charge in [-0.25, -0.2) is 14.1 Å². The van der Waals surface area contributed by atoms with Crippen LogP contribution in [0.15, 0.2) is 70.7 Å². The number of carbonyl (C=O) groups excluding carboxylic acids is 3. The fourth-order valence-electron chi connectivity index (χ4n) is 3.61. The van der Waals surface area contributed by atoms with E-state index >= 15 is 0 Å². The van der Waals surface area contributed by atoms with Gasteiger partial charge in [-0.15, -0.1) is 0 Å². The van der Waals surface area contributed by atoms with E-state index < -0.39 is 17.8 Å². The molecule has 1 heterocycles. The zero-order valence-electron chi connectivity index (χ0n) is 19.5. The smallest absolute Gasteiger partial charge is 0.335 e. The van der Waals surface area contributed by atoms with E-state index in [1.165, 1.54) is 18.2 Å². The van der Waals surface area contributed by atoms with Crippen molar-refractivity contribution in [2.75, 3.05) is 11.5 Å². The molecular weight excluding hydrogens is 531 g/mol. The highest BCUT2D eigenvalue weighted by atomic mass is 79.9. The summed E-state index contributed by atoms with van der Waals surface area (Å²) in [6.45, 7) is 4.12. The van der Waals surface area contributed by atoms with E-state index in [-0.39, 0.29) is 18.0 Å². The van der Waals surface area contributed by atoms with Crippen LogP contribution in [0.1, 0.15) is 23.6 Å². The molecule has 1 aliphatic heterocycles. The highest BCUT2D eigenvalue weighted by molar-refractivity contribution is 9.10. The predicted molar refractivity (Wildman–Crippen MR) is 136 cm³/mol. The summed E-state index contributed by atoms with van der Waals surface area (Å²) in [5.41, 5.74) is 2.21. The number of barbiturate groups is 1. The molecule has 4 rings (SSSR count). The molecule has 0 spiro atoms. The third-order valence-electron chi connectivity index (χ3n) is 5.31. The summed E-state index contributed by atoms with van der Waals surface area (Å²) >= 11 is 3.46. The van der Waals surface area contributed by atoms with Crippen LogP contribution in [0.3, 0.4) is 0 Å². The lowest BCUT2D eigenvalue weighted by Gasteiger charge is -2.26. The zero-order chi connectivity index (χ0) is 25.8. The fraction of sp³-hybridized carbons (Fsp3) is 0.148. The molecule has 0 aliphatic carbocycles. The number of rotatable bonds is 7. The molecule has 0 bridgehead atoms. The molecular formula is C27H22BrFN2O5. The number of aryl methyl sites for hydroxylation is 1. The van der Waals surface area contributed by atoms with Crippen LogP contribution in [-0.4, -0.2) is 24.5 Å². The largest absolute Gasteiger partial charge is 0.490 e.